The van der Waals surface area contributed by atoms with Crippen molar-refractivity contribution >= 4 is 33.2 Å². The molecule has 1 fully saturated rings. The lowest BCUT2D eigenvalue weighted by Gasteiger charge is -2.23. The van der Waals surface area contributed by atoms with E-state index in [2.05, 4.69) is 10.3 Å². The Bertz CT molecular complexity index is 881. The van der Waals surface area contributed by atoms with E-state index in [1.165, 1.54) is 4.31 Å². The molecule has 3 heterocycles. The largest absolute Gasteiger partial charge is 0.349 e. The summed E-state index contributed by atoms with van der Waals surface area (Å²) in [6.07, 6.45) is 5.33. The van der Waals surface area contributed by atoms with Crippen LogP contribution in [-0.4, -0.2) is 46.4 Å². The van der Waals surface area contributed by atoms with Gasteiger partial charge in [-0.15, -0.1) is 0 Å². The van der Waals surface area contributed by atoms with Gasteiger partial charge < -0.3 is 9.72 Å². The van der Waals surface area contributed by atoms with Gasteiger partial charge in [-0.25, -0.2) is 13.4 Å². The first-order valence-corrected chi connectivity index (χ1v) is 10.3. The Morgan fingerprint density at radius 2 is 2.20 bits per heavy atom. The fourth-order valence-corrected chi connectivity index (χ4v) is 5.02. The fourth-order valence-electron chi connectivity index (χ4n) is 3.11. The number of sulfonamides is 1. The van der Waals surface area contributed by atoms with Gasteiger partial charge in [0.15, 0.2) is 0 Å². The number of aromatic nitrogens is 2. The molecule has 3 rings (SSSR count). The molecule has 136 valence electrons. The molecule has 1 N–H and O–H groups in total. The van der Waals surface area contributed by atoms with Crippen molar-refractivity contribution in [2.45, 2.75) is 38.8 Å². The minimum atomic E-state index is -3.37. The topological polar surface area (TPSA) is 83.8 Å². The van der Waals surface area contributed by atoms with Gasteiger partial charge in [-0.05, 0) is 31.4 Å². The summed E-state index contributed by atoms with van der Waals surface area (Å²) in [5.74, 6) is -0.198. The smallest absolute Gasteiger partial charge is 0.238 e. The number of carbonyl (C=O) groups is 1. The van der Waals surface area contributed by atoms with Gasteiger partial charge in [-0.2, -0.15) is 4.31 Å². The molecule has 9 heteroatoms. The minimum Gasteiger partial charge on any atom is -0.349 e. The van der Waals surface area contributed by atoms with E-state index in [4.69, 9.17) is 11.6 Å². The van der Waals surface area contributed by atoms with E-state index in [1.54, 1.807) is 28.9 Å². The second-order valence-electron chi connectivity index (χ2n) is 6.15. The number of rotatable bonds is 6. The van der Waals surface area contributed by atoms with E-state index in [0.717, 1.165) is 5.65 Å². The summed E-state index contributed by atoms with van der Waals surface area (Å²) in [7, 11) is -3.37. The van der Waals surface area contributed by atoms with Crippen molar-refractivity contribution in [1.29, 1.82) is 0 Å². The van der Waals surface area contributed by atoms with E-state index < -0.39 is 16.1 Å². The van der Waals surface area contributed by atoms with Gasteiger partial charge in [0.1, 0.15) is 11.7 Å². The molecule has 2 aromatic heterocycles. The second-order valence-corrected chi connectivity index (χ2v) is 8.63. The summed E-state index contributed by atoms with van der Waals surface area (Å²) in [5, 5.41) is 3.41. The fraction of sp³-hybridized carbons (Fsp3) is 0.500. The van der Waals surface area contributed by atoms with Crippen LogP contribution < -0.4 is 5.32 Å². The van der Waals surface area contributed by atoms with E-state index in [1.807, 2.05) is 6.92 Å². The number of imidazole rings is 1. The molecule has 1 atom stereocenters. The third-order valence-electron chi connectivity index (χ3n) is 4.23. The average Bonchev–Trinajstić information content (AvgIpc) is 3.19. The highest BCUT2D eigenvalue weighted by molar-refractivity contribution is 7.89. The van der Waals surface area contributed by atoms with Gasteiger partial charge in [-0.1, -0.05) is 18.5 Å². The monoisotopic (exact) mass is 384 g/mol. The van der Waals surface area contributed by atoms with Crippen molar-refractivity contribution in [3.63, 3.8) is 0 Å². The number of hydrogen-bond donors (Lipinski definition) is 1. The van der Waals surface area contributed by atoms with E-state index in [9.17, 15) is 13.2 Å². The summed E-state index contributed by atoms with van der Waals surface area (Å²) in [6, 6.07) is 2.92. The third-order valence-corrected chi connectivity index (χ3v) is 6.53. The molecule has 1 saturated heterocycles. The highest BCUT2D eigenvalue weighted by Gasteiger charge is 2.37. The SMILES string of the molecule is CCCS(=O)(=O)N1CCCC1C(=O)NCc1cn2cc(Cl)ccc2n1. The maximum atomic E-state index is 12.5. The molecular weight excluding hydrogens is 364 g/mol. The number of nitrogens with one attached hydrogen (secondary N) is 1. The summed E-state index contributed by atoms with van der Waals surface area (Å²) < 4.78 is 27.7. The summed E-state index contributed by atoms with van der Waals surface area (Å²) in [5.41, 5.74) is 1.43. The van der Waals surface area contributed by atoms with Crippen LogP contribution in [0.2, 0.25) is 5.02 Å². The summed E-state index contributed by atoms with van der Waals surface area (Å²) in [4.78, 5) is 16.9. The number of carbonyl (C=O) groups excluding carboxylic acids is 1. The lowest BCUT2D eigenvalue weighted by Crippen LogP contribution is -2.46. The Morgan fingerprint density at radius 3 is 2.96 bits per heavy atom. The third kappa shape index (κ3) is 3.96. The summed E-state index contributed by atoms with van der Waals surface area (Å²) >= 11 is 5.95. The van der Waals surface area contributed by atoms with Crippen molar-refractivity contribution in [2.75, 3.05) is 12.3 Å². The van der Waals surface area contributed by atoms with E-state index in [-0.39, 0.29) is 18.2 Å². The van der Waals surface area contributed by atoms with Crippen LogP contribution in [0, 0.1) is 0 Å². The van der Waals surface area contributed by atoms with Crippen LogP contribution in [-0.2, 0) is 21.4 Å². The Balaban J connectivity index is 1.66. The molecule has 0 spiro atoms. The van der Waals surface area contributed by atoms with Gasteiger partial charge in [0.2, 0.25) is 15.9 Å². The van der Waals surface area contributed by atoms with Gasteiger partial charge >= 0.3 is 0 Å². The minimum absolute atomic E-state index is 0.0734. The second kappa shape index (κ2) is 7.31. The number of fused-ring (bicyclic) bond motifs is 1. The molecule has 1 amide bonds. The van der Waals surface area contributed by atoms with Gasteiger partial charge in [0.05, 0.1) is 23.0 Å². The molecule has 0 aromatic carbocycles. The Kier molecular flexibility index (Phi) is 5.31. The molecule has 1 aliphatic heterocycles. The maximum absolute atomic E-state index is 12.5. The van der Waals surface area contributed by atoms with Gasteiger partial charge in [0.25, 0.3) is 0 Å². The van der Waals surface area contributed by atoms with Gasteiger partial charge in [-0.3, -0.25) is 4.79 Å². The lowest BCUT2D eigenvalue weighted by atomic mass is 10.2. The molecule has 2 aromatic rings. The van der Waals surface area contributed by atoms with Crippen molar-refractivity contribution < 1.29 is 13.2 Å². The van der Waals surface area contributed by atoms with Gasteiger partial charge in [0, 0.05) is 18.9 Å². The number of pyridine rings is 1. The van der Waals surface area contributed by atoms with E-state index in [0.29, 0.717) is 36.5 Å². The molecule has 0 saturated carbocycles. The first-order chi connectivity index (χ1) is 11.9. The van der Waals surface area contributed by atoms with Crippen molar-refractivity contribution in [2.24, 2.45) is 0 Å². The molecule has 0 aliphatic carbocycles. The van der Waals surface area contributed by atoms with Crippen LogP contribution >= 0.6 is 11.6 Å². The molecule has 1 unspecified atom stereocenters. The zero-order chi connectivity index (χ0) is 18.0. The van der Waals surface area contributed by atoms with Crippen LogP contribution in [0.5, 0.6) is 0 Å². The van der Waals surface area contributed by atoms with Crippen LogP contribution in [0.15, 0.2) is 24.5 Å². The Labute approximate surface area is 152 Å². The van der Waals surface area contributed by atoms with Crippen LogP contribution in [0.1, 0.15) is 31.9 Å². The number of hydrogen-bond acceptors (Lipinski definition) is 4. The first kappa shape index (κ1) is 18.2. The molecule has 25 heavy (non-hydrogen) atoms. The van der Waals surface area contributed by atoms with Crippen molar-refractivity contribution in [1.82, 2.24) is 19.0 Å². The average molecular weight is 385 g/mol. The Hall–Kier alpha value is -1.64. The molecule has 0 bridgehead atoms. The Morgan fingerprint density at radius 1 is 1.40 bits per heavy atom. The lowest BCUT2D eigenvalue weighted by molar-refractivity contribution is -0.124. The van der Waals surface area contributed by atoms with Crippen molar-refractivity contribution in [3.05, 3.63) is 35.2 Å². The van der Waals surface area contributed by atoms with Crippen molar-refractivity contribution in [3.8, 4) is 0 Å². The standard InChI is InChI=1S/C16H21ClN4O3S/c1-2-8-25(23,24)21-7-3-4-14(21)16(22)18-9-13-11-20-10-12(17)5-6-15(20)19-13/h5-6,10-11,14H,2-4,7-9H2,1H3,(H,18,22). The number of nitrogens with zero attached hydrogens (tertiary/aromatic N) is 3. The quantitative estimate of drug-likeness (QED) is 0.823. The number of halogens is 1. The highest BCUT2D eigenvalue weighted by atomic mass is 35.5. The molecular formula is C16H21ClN4O3S. The zero-order valence-corrected chi connectivity index (χ0v) is 15.6. The van der Waals surface area contributed by atoms with Crippen LogP contribution in [0.3, 0.4) is 0 Å². The van der Waals surface area contributed by atoms with E-state index >= 15 is 0 Å². The van der Waals surface area contributed by atoms with Crippen LogP contribution in [0.25, 0.3) is 5.65 Å². The van der Waals surface area contributed by atoms with Crippen LogP contribution in [0.4, 0.5) is 0 Å². The highest BCUT2D eigenvalue weighted by Crippen LogP contribution is 2.22. The maximum Gasteiger partial charge on any atom is 0.238 e. The predicted molar refractivity (Wildman–Crippen MR) is 95.9 cm³/mol. The first-order valence-electron chi connectivity index (χ1n) is 8.31. The predicted octanol–water partition coefficient (Wildman–Crippen LogP) is 1.81. The zero-order valence-electron chi connectivity index (χ0n) is 14.0. The molecule has 0 radical (unpaired) electrons. The summed E-state index contributed by atoms with van der Waals surface area (Å²) in [6.45, 7) is 2.47. The molecule has 1 aliphatic rings. The normalized spacial score (nSPS) is 18.7. The molecule has 7 nitrogen and oxygen atoms in total. The number of amides is 1.